The van der Waals surface area contributed by atoms with Gasteiger partial charge in [-0.1, -0.05) is 30.3 Å². The third-order valence-electron chi connectivity index (χ3n) is 3.11. The van der Waals surface area contributed by atoms with Crippen LogP contribution in [0.2, 0.25) is 0 Å². The Hall–Kier alpha value is -3.06. The standard InChI is InChI=1S/C16H11N3O3S/c20-16(18-17-10-11-4-2-1-3-5-11)15-9-12-8-13(19(21)22)6-7-14(12)23-15/h1-10H,(H,18,20). The number of benzene rings is 2. The van der Waals surface area contributed by atoms with Crippen molar-refractivity contribution in [2.24, 2.45) is 5.10 Å². The summed E-state index contributed by atoms with van der Waals surface area (Å²) in [6.07, 6.45) is 1.55. The van der Waals surface area contributed by atoms with Crippen LogP contribution >= 0.6 is 11.3 Å². The van der Waals surface area contributed by atoms with Crippen LogP contribution in [0.25, 0.3) is 10.1 Å². The molecule has 0 atom stereocenters. The fraction of sp³-hybridized carbons (Fsp3) is 0. The lowest BCUT2D eigenvalue weighted by Crippen LogP contribution is -2.16. The molecule has 0 bridgehead atoms. The van der Waals surface area contributed by atoms with Gasteiger partial charge in [-0.2, -0.15) is 5.10 Å². The van der Waals surface area contributed by atoms with Gasteiger partial charge in [-0.3, -0.25) is 14.9 Å². The molecule has 1 aromatic heterocycles. The molecule has 2 aromatic carbocycles. The van der Waals surface area contributed by atoms with Gasteiger partial charge in [-0.05, 0) is 17.7 Å². The minimum absolute atomic E-state index is 0.00403. The van der Waals surface area contributed by atoms with Crippen LogP contribution in [0.1, 0.15) is 15.2 Å². The van der Waals surface area contributed by atoms with Crippen LogP contribution in [0.15, 0.2) is 59.7 Å². The van der Waals surface area contributed by atoms with Gasteiger partial charge in [-0.15, -0.1) is 11.3 Å². The van der Waals surface area contributed by atoms with Gasteiger partial charge in [0, 0.05) is 22.2 Å². The van der Waals surface area contributed by atoms with E-state index in [1.807, 2.05) is 30.3 Å². The lowest BCUT2D eigenvalue weighted by Gasteiger charge is -1.95. The van der Waals surface area contributed by atoms with Gasteiger partial charge >= 0.3 is 0 Å². The predicted octanol–water partition coefficient (Wildman–Crippen LogP) is 3.57. The second kappa shape index (κ2) is 6.37. The molecule has 3 rings (SSSR count). The number of nitrogens with one attached hydrogen (secondary N) is 1. The molecule has 7 heteroatoms. The fourth-order valence-electron chi connectivity index (χ4n) is 2.02. The number of rotatable bonds is 4. The van der Waals surface area contributed by atoms with Crippen LogP contribution in [0.5, 0.6) is 0 Å². The zero-order valence-corrected chi connectivity index (χ0v) is 12.6. The second-order valence-electron chi connectivity index (χ2n) is 4.70. The van der Waals surface area contributed by atoms with Gasteiger partial charge in [0.2, 0.25) is 0 Å². The second-order valence-corrected chi connectivity index (χ2v) is 5.78. The monoisotopic (exact) mass is 325 g/mol. The zero-order chi connectivity index (χ0) is 16.2. The molecule has 0 unspecified atom stereocenters. The number of hydrazone groups is 1. The molecular weight excluding hydrogens is 314 g/mol. The highest BCUT2D eigenvalue weighted by atomic mass is 32.1. The molecule has 0 fully saturated rings. The fourth-order valence-corrected chi connectivity index (χ4v) is 2.95. The number of fused-ring (bicyclic) bond motifs is 1. The van der Waals surface area contributed by atoms with Crippen molar-refractivity contribution in [1.82, 2.24) is 5.43 Å². The third kappa shape index (κ3) is 3.41. The van der Waals surface area contributed by atoms with Gasteiger partial charge in [0.1, 0.15) is 0 Å². The quantitative estimate of drug-likeness (QED) is 0.452. The number of carbonyl (C=O) groups is 1. The Morgan fingerprint density at radius 3 is 2.70 bits per heavy atom. The molecule has 3 aromatic rings. The van der Waals surface area contributed by atoms with Gasteiger partial charge in [-0.25, -0.2) is 5.43 Å². The largest absolute Gasteiger partial charge is 0.281 e. The van der Waals surface area contributed by atoms with Gasteiger partial charge in [0.15, 0.2) is 0 Å². The number of hydrogen-bond donors (Lipinski definition) is 1. The molecule has 6 nitrogen and oxygen atoms in total. The van der Waals surface area contributed by atoms with Crippen LogP contribution in [-0.4, -0.2) is 17.0 Å². The summed E-state index contributed by atoms with van der Waals surface area (Å²) in [4.78, 5) is 22.8. The lowest BCUT2D eigenvalue weighted by molar-refractivity contribution is -0.384. The minimum Gasteiger partial charge on any atom is -0.266 e. The number of amides is 1. The average Bonchev–Trinajstić information content (AvgIpc) is 2.99. The molecule has 1 heterocycles. The predicted molar refractivity (Wildman–Crippen MR) is 90.0 cm³/mol. The van der Waals surface area contributed by atoms with Gasteiger partial charge in [0.05, 0.1) is 16.0 Å². The SMILES string of the molecule is O=C(NN=Cc1ccccc1)c1cc2cc([N+](=O)[O-])ccc2s1. The van der Waals surface area contributed by atoms with E-state index in [0.29, 0.717) is 10.3 Å². The number of thiophene rings is 1. The van der Waals surface area contributed by atoms with Crippen molar-refractivity contribution in [3.63, 3.8) is 0 Å². The summed E-state index contributed by atoms with van der Waals surface area (Å²) in [6, 6.07) is 15.5. The van der Waals surface area contributed by atoms with Gasteiger partial charge < -0.3 is 0 Å². The molecule has 0 aliphatic heterocycles. The van der Waals surface area contributed by atoms with Crippen LogP contribution in [0.4, 0.5) is 5.69 Å². The first kappa shape index (κ1) is 14.9. The van der Waals surface area contributed by atoms with Crippen LogP contribution in [0, 0.1) is 10.1 Å². The first-order valence-corrected chi connectivity index (χ1v) is 7.51. The number of hydrogen-bond acceptors (Lipinski definition) is 5. The Bertz CT molecular complexity index is 903. The van der Waals surface area contributed by atoms with Crippen LogP contribution in [-0.2, 0) is 0 Å². The lowest BCUT2D eigenvalue weighted by atomic mass is 10.2. The maximum atomic E-state index is 12.1. The van der Waals surface area contributed by atoms with Crippen molar-refractivity contribution in [2.45, 2.75) is 0 Å². The molecular formula is C16H11N3O3S. The highest BCUT2D eigenvalue weighted by Crippen LogP contribution is 2.28. The number of nitro benzene ring substituents is 1. The molecule has 23 heavy (non-hydrogen) atoms. The minimum atomic E-state index is -0.457. The summed E-state index contributed by atoms with van der Waals surface area (Å²) in [7, 11) is 0. The molecule has 114 valence electrons. The summed E-state index contributed by atoms with van der Waals surface area (Å²) in [5, 5.41) is 15.3. The van der Waals surface area contributed by atoms with Crippen LogP contribution in [0.3, 0.4) is 0 Å². The van der Waals surface area contributed by atoms with E-state index in [2.05, 4.69) is 10.5 Å². The molecule has 1 amide bonds. The van der Waals surface area contributed by atoms with E-state index in [1.165, 1.54) is 23.5 Å². The average molecular weight is 325 g/mol. The van der Waals surface area contributed by atoms with E-state index in [1.54, 1.807) is 18.3 Å². The van der Waals surface area contributed by atoms with E-state index in [9.17, 15) is 14.9 Å². The molecule has 0 saturated heterocycles. The molecule has 0 aliphatic carbocycles. The molecule has 0 spiro atoms. The number of non-ortho nitro benzene ring substituents is 1. The Morgan fingerprint density at radius 1 is 1.17 bits per heavy atom. The van der Waals surface area contributed by atoms with Crippen molar-refractivity contribution in [1.29, 1.82) is 0 Å². The van der Waals surface area contributed by atoms with E-state index in [0.717, 1.165) is 10.3 Å². The van der Waals surface area contributed by atoms with Crippen molar-refractivity contribution in [2.75, 3.05) is 0 Å². The van der Waals surface area contributed by atoms with E-state index in [4.69, 9.17) is 0 Å². The van der Waals surface area contributed by atoms with Gasteiger partial charge in [0.25, 0.3) is 11.6 Å². The first-order valence-electron chi connectivity index (χ1n) is 6.70. The summed E-state index contributed by atoms with van der Waals surface area (Å²) in [6.45, 7) is 0. The maximum absolute atomic E-state index is 12.1. The Morgan fingerprint density at radius 2 is 1.96 bits per heavy atom. The number of nitrogens with zero attached hydrogens (tertiary/aromatic N) is 2. The Balaban J connectivity index is 1.76. The Labute approximate surface area is 135 Å². The van der Waals surface area contributed by atoms with Crippen LogP contribution < -0.4 is 5.43 Å². The van der Waals surface area contributed by atoms with E-state index in [-0.39, 0.29) is 11.6 Å². The van der Waals surface area contributed by atoms with Crippen molar-refractivity contribution >= 4 is 39.2 Å². The smallest absolute Gasteiger partial charge is 0.266 e. The number of carbonyl (C=O) groups excluding carboxylic acids is 1. The molecule has 0 aliphatic rings. The molecule has 0 saturated carbocycles. The number of nitro groups is 1. The van der Waals surface area contributed by atoms with E-state index >= 15 is 0 Å². The molecule has 1 N–H and O–H groups in total. The van der Waals surface area contributed by atoms with Crippen molar-refractivity contribution < 1.29 is 9.72 Å². The van der Waals surface area contributed by atoms with E-state index < -0.39 is 4.92 Å². The van der Waals surface area contributed by atoms with Crippen molar-refractivity contribution in [3.05, 3.63) is 75.2 Å². The zero-order valence-electron chi connectivity index (χ0n) is 11.8. The summed E-state index contributed by atoms with van der Waals surface area (Å²) < 4.78 is 0.813. The highest BCUT2D eigenvalue weighted by Gasteiger charge is 2.12. The third-order valence-corrected chi connectivity index (χ3v) is 4.23. The maximum Gasteiger partial charge on any atom is 0.281 e. The first-order chi connectivity index (χ1) is 11.1. The highest BCUT2D eigenvalue weighted by molar-refractivity contribution is 7.20. The normalized spacial score (nSPS) is 11.0. The Kier molecular flexibility index (Phi) is 4.11. The van der Waals surface area contributed by atoms with Crippen molar-refractivity contribution in [3.8, 4) is 0 Å². The molecule has 0 radical (unpaired) electrons. The summed E-state index contributed by atoms with van der Waals surface area (Å²) >= 11 is 1.26. The topological polar surface area (TPSA) is 84.6 Å². The summed E-state index contributed by atoms with van der Waals surface area (Å²) in [5.41, 5.74) is 3.33. The summed E-state index contributed by atoms with van der Waals surface area (Å²) in [5.74, 6) is -0.346.